The van der Waals surface area contributed by atoms with Crippen LogP contribution in [0.5, 0.6) is 0 Å². The van der Waals surface area contributed by atoms with Crippen LogP contribution in [0.2, 0.25) is 0 Å². The third-order valence-corrected chi connectivity index (χ3v) is 4.80. The van der Waals surface area contributed by atoms with Crippen LogP contribution in [0.3, 0.4) is 0 Å². The molecule has 1 aromatic heterocycles. The Morgan fingerprint density at radius 1 is 1.25 bits per heavy atom. The predicted octanol–water partition coefficient (Wildman–Crippen LogP) is 2.48. The highest BCUT2D eigenvalue weighted by Crippen LogP contribution is 2.48. The number of aryl methyl sites for hydroxylation is 2. The van der Waals surface area contributed by atoms with Crippen LogP contribution in [0.1, 0.15) is 30.4 Å². The van der Waals surface area contributed by atoms with E-state index >= 15 is 0 Å². The van der Waals surface area contributed by atoms with E-state index in [0.29, 0.717) is 0 Å². The van der Waals surface area contributed by atoms with Crippen LogP contribution in [0, 0.1) is 6.92 Å². The lowest BCUT2D eigenvalue weighted by Gasteiger charge is -2.20. The minimum atomic E-state index is 0.290. The topological polar surface area (TPSA) is 54.2 Å². The summed E-state index contributed by atoms with van der Waals surface area (Å²) < 4.78 is 1.95. The minimum absolute atomic E-state index is 0.290. The van der Waals surface area contributed by atoms with Crippen molar-refractivity contribution in [2.45, 2.75) is 38.1 Å². The number of nitrogens with zero attached hydrogens (tertiary/aromatic N) is 3. The third kappa shape index (κ3) is 3.96. The highest BCUT2D eigenvalue weighted by molar-refractivity contribution is 5.79. The van der Waals surface area contributed by atoms with Crippen molar-refractivity contribution in [1.29, 1.82) is 0 Å². The van der Waals surface area contributed by atoms with Gasteiger partial charge in [0.1, 0.15) is 0 Å². The zero-order valence-electron chi connectivity index (χ0n) is 14.6. The summed E-state index contributed by atoms with van der Waals surface area (Å²) in [6, 6.07) is 10.7. The number of hydrogen-bond acceptors (Lipinski definition) is 2. The van der Waals surface area contributed by atoms with E-state index in [1.54, 1.807) is 0 Å². The van der Waals surface area contributed by atoms with E-state index in [9.17, 15) is 0 Å². The van der Waals surface area contributed by atoms with Crippen molar-refractivity contribution in [2.75, 3.05) is 20.1 Å². The SMILES string of the molecule is CN=C(NCCCn1cccn1)NCC1(c2ccccc2C)CC1. The van der Waals surface area contributed by atoms with Crippen LogP contribution in [0.25, 0.3) is 0 Å². The van der Waals surface area contributed by atoms with Gasteiger partial charge in [-0.2, -0.15) is 5.10 Å². The monoisotopic (exact) mass is 325 g/mol. The zero-order valence-corrected chi connectivity index (χ0v) is 14.6. The van der Waals surface area contributed by atoms with Gasteiger partial charge < -0.3 is 10.6 Å². The molecule has 1 saturated carbocycles. The Kier molecular flexibility index (Phi) is 5.18. The van der Waals surface area contributed by atoms with Crippen LogP contribution < -0.4 is 10.6 Å². The van der Waals surface area contributed by atoms with E-state index in [-0.39, 0.29) is 5.41 Å². The summed E-state index contributed by atoms with van der Waals surface area (Å²) in [5, 5.41) is 11.1. The molecule has 0 radical (unpaired) electrons. The van der Waals surface area contributed by atoms with Crippen LogP contribution in [-0.2, 0) is 12.0 Å². The Labute approximate surface area is 144 Å². The van der Waals surface area contributed by atoms with Crippen LogP contribution in [-0.4, -0.2) is 35.9 Å². The molecule has 0 saturated heterocycles. The molecule has 1 aliphatic rings. The van der Waals surface area contributed by atoms with Gasteiger partial charge in [-0.1, -0.05) is 24.3 Å². The number of aliphatic imine (C=N–C) groups is 1. The first kappa shape index (κ1) is 16.6. The van der Waals surface area contributed by atoms with Crippen molar-refractivity contribution in [3.8, 4) is 0 Å². The van der Waals surface area contributed by atoms with E-state index < -0.39 is 0 Å². The smallest absolute Gasteiger partial charge is 0.191 e. The largest absolute Gasteiger partial charge is 0.356 e. The number of nitrogens with one attached hydrogen (secondary N) is 2. The summed E-state index contributed by atoms with van der Waals surface area (Å²) >= 11 is 0. The fraction of sp³-hybridized carbons (Fsp3) is 0.474. The van der Waals surface area contributed by atoms with Gasteiger partial charge in [0.25, 0.3) is 0 Å². The summed E-state index contributed by atoms with van der Waals surface area (Å²) in [5.74, 6) is 0.885. The molecule has 1 aromatic carbocycles. The van der Waals surface area contributed by atoms with Crippen molar-refractivity contribution >= 4 is 5.96 Å². The lowest BCUT2D eigenvalue weighted by molar-refractivity contribution is 0.567. The highest BCUT2D eigenvalue weighted by Gasteiger charge is 2.44. The number of aromatic nitrogens is 2. The molecular formula is C19H27N5. The van der Waals surface area contributed by atoms with Gasteiger partial charge in [-0.05, 0) is 43.4 Å². The Balaban J connectivity index is 1.45. The van der Waals surface area contributed by atoms with E-state index in [1.165, 1.54) is 24.0 Å². The van der Waals surface area contributed by atoms with E-state index in [4.69, 9.17) is 0 Å². The first-order valence-corrected chi connectivity index (χ1v) is 8.72. The van der Waals surface area contributed by atoms with Crippen molar-refractivity contribution in [3.63, 3.8) is 0 Å². The maximum atomic E-state index is 4.34. The van der Waals surface area contributed by atoms with Gasteiger partial charge in [-0.25, -0.2) is 0 Å². The predicted molar refractivity (Wildman–Crippen MR) is 98.3 cm³/mol. The average Bonchev–Trinajstić information content (AvgIpc) is 3.20. The van der Waals surface area contributed by atoms with Gasteiger partial charge in [0.15, 0.2) is 5.96 Å². The number of hydrogen-bond donors (Lipinski definition) is 2. The second-order valence-corrected chi connectivity index (χ2v) is 6.57. The Morgan fingerprint density at radius 2 is 2.08 bits per heavy atom. The number of benzene rings is 1. The molecule has 2 N–H and O–H groups in total. The normalized spacial score (nSPS) is 16.0. The maximum absolute atomic E-state index is 4.34. The quantitative estimate of drug-likeness (QED) is 0.467. The number of guanidine groups is 1. The molecule has 5 nitrogen and oxygen atoms in total. The van der Waals surface area contributed by atoms with Crippen molar-refractivity contribution < 1.29 is 0 Å². The molecule has 128 valence electrons. The molecule has 3 rings (SSSR count). The molecule has 2 aromatic rings. The lowest BCUT2D eigenvalue weighted by atomic mass is 9.92. The maximum Gasteiger partial charge on any atom is 0.191 e. The molecule has 0 amide bonds. The van der Waals surface area contributed by atoms with Gasteiger partial charge in [-0.3, -0.25) is 9.67 Å². The van der Waals surface area contributed by atoms with E-state index in [1.807, 2.05) is 30.2 Å². The summed E-state index contributed by atoms with van der Waals surface area (Å²) in [6.07, 6.45) is 7.33. The summed E-state index contributed by atoms with van der Waals surface area (Å²) in [7, 11) is 1.83. The lowest BCUT2D eigenvalue weighted by Crippen LogP contribution is -2.41. The molecule has 1 heterocycles. The molecular weight excluding hydrogens is 298 g/mol. The fourth-order valence-corrected chi connectivity index (χ4v) is 3.21. The Bertz CT molecular complexity index is 671. The third-order valence-electron chi connectivity index (χ3n) is 4.80. The van der Waals surface area contributed by atoms with E-state index in [0.717, 1.165) is 32.0 Å². The summed E-state index contributed by atoms with van der Waals surface area (Å²) in [4.78, 5) is 4.34. The molecule has 0 bridgehead atoms. The second-order valence-electron chi connectivity index (χ2n) is 6.57. The van der Waals surface area contributed by atoms with Crippen LogP contribution in [0.15, 0.2) is 47.7 Å². The van der Waals surface area contributed by atoms with Crippen molar-refractivity contribution in [1.82, 2.24) is 20.4 Å². The minimum Gasteiger partial charge on any atom is -0.356 e. The van der Waals surface area contributed by atoms with Crippen LogP contribution >= 0.6 is 0 Å². The first-order valence-electron chi connectivity index (χ1n) is 8.72. The summed E-state index contributed by atoms with van der Waals surface area (Å²) in [6.45, 7) is 4.95. The van der Waals surface area contributed by atoms with Crippen LogP contribution in [0.4, 0.5) is 0 Å². The van der Waals surface area contributed by atoms with Gasteiger partial charge in [0.05, 0.1) is 0 Å². The second kappa shape index (κ2) is 7.51. The van der Waals surface area contributed by atoms with Gasteiger partial charge in [0, 0.05) is 44.5 Å². The molecule has 24 heavy (non-hydrogen) atoms. The van der Waals surface area contributed by atoms with E-state index in [2.05, 4.69) is 51.9 Å². The van der Waals surface area contributed by atoms with Crippen molar-refractivity contribution in [3.05, 3.63) is 53.9 Å². The van der Waals surface area contributed by atoms with Crippen molar-refractivity contribution in [2.24, 2.45) is 4.99 Å². The molecule has 5 heteroatoms. The number of rotatable bonds is 7. The summed E-state index contributed by atoms with van der Waals surface area (Å²) in [5.41, 5.74) is 3.16. The molecule has 0 aliphatic heterocycles. The van der Waals surface area contributed by atoms with Gasteiger partial charge in [-0.15, -0.1) is 0 Å². The van der Waals surface area contributed by atoms with Gasteiger partial charge in [0.2, 0.25) is 0 Å². The Hall–Kier alpha value is -2.30. The average molecular weight is 325 g/mol. The zero-order chi connectivity index (χ0) is 16.8. The molecule has 0 atom stereocenters. The first-order chi connectivity index (χ1) is 11.7. The Morgan fingerprint density at radius 3 is 2.75 bits per heavy atom. The fourth-order valence-electron chi connectivity index (χ4n) is 3.21. The molecule has 0 spiro atoms. The molecule has 0 unspecified atom stereocenters. The van der Waals surface area contributed by atoms with Gasteiger partial charge >= 0.3 is 0 Å². The highest BCUT2D eigenvalue weighted by atomic mass is 15.3. The molecule has 1 fully saturated rings. The standard InChI is InChI=1S/C19H27N5/c1-16-7-3-4-8-17(16)19(9-10-19)15-22-18(20-2)21-11-5-13-24-14-6-12-23-24/h3-4,6-8,12,14H,5,9-11,13,15H2,1-2H3,(H2,20,21,22). The molecule has 1 aliphatic carbocycles.